The Morgan fingerprint density at radius 1 is 1.03 bits per heavy atom. The van der Waals surface area contributed by atoms with Gasteiger partial charge in [0.2, 0.25) is 15.9 Å². The number of esters is 1. The predicted molar refractivity (Wildman–Crippen MR) is 118 cm³/mol. The molecule has 162 valence electrons. The second kappa shape index (κ2) is 9.30. The summed E-state index contributed by atoms with van der Waals surface area (Å²) >= 11 is 0. The van der Waals surface area contributed by atoms with Crippen LogP contribution in [0.2, 0.25) is 0 Å². The lowest BCUT2D eigenvalue weighted by Crippen LogP contribution is -2.47. The molecular formula is C22H28N2O5S. The van der Waals surface area contributed by atoms with Crippen LogP contribution < -0.4 is 9.62 Å². The highest BCUT2D eigenvalue weighted by atomic mass is 32.2. The number of benzene rings is 2. The van der Waals surface area contributed by atoms with Gasteiger partial charge in [-0.1, -0.05) is 19.1 Å². The number of carbonyl (C=O) groups excluding carboxylic acids is 2. The van der Waals surface area contributed by atoms with Gasteiger partial charge in [0.1, 0.15) is 6.04 Å². The molecule has 0 aromatic heterocycles. The number of nitrogens with zero attached hydrogens (tertiary/aromatic N) is 1. The van der Waals surface area contributed by atoms with E-state index in [1.807, 2.05) is 19.9 Å². The first-order valence-corrected chi connectivity index (χ1v) is 11.4. The van der Waals surface area contributed by atoms with Crippen LogP contribution in [0.4, 0.5) is 11.4 Å². The Labute approximate surface area is 178 Å². The first-order chi connectivity index (χ1) is 14.0. The maximum absolute atomic E-state index is 13.1. The zero-order chi connectivity index (χ0) is 22.6. The van der Waals surface area contributed by atoms with Crippen molar-refractivity contribution in [2.75, 3.05) is 23.0 Å². The molecule has 2 aromatic carbocycles. The van der Waals surface area contributed by atoms with E-state index in [4.69, 9.17) is 4.74 Å². The number of sulfonamides is 1. The first kappa shape index (κ1) is 23.4. The molecule has 0 radical (unpaired) electrons. The van der Waals surface area contributed by atoms with E-state index < -0.39 is 27.9 Å². The van der Waals surface area contributed by atoms with Crippen LogP contribution in [0.5, 0.6) is 0 Å². The number of rotatable bonds is 7. The summed E-state index contributed by atoms with van der Waals surface area (Å²) in [5, 5.41) is 2.78. The van der Waals surface area contributed by atoms with E-state index in [9.17, 15) is 18.0 Å². The van der Waals surface area contributed by atoms with E-state index in [0.717, 1.165) is 27.3 Å². The van der Waals surface area contributed by atoms with Crippen LogP contribution in [0.1, 0.15) is 40.4 Å². The van der Waals surface area contributed by atoms with Crippen LogP contribution in [0.15, 0.2) is 36.4 Å². The zero-order valence-electron chi connectivity index (χ0n) is 18.1. The lowest BCUT2D eigenvalue weighted by Gasteiger charge is -2.30. The molecule has 30 heavy (non-hydrogen) atoms. The molecule has 7 nitrogen and oxygen atoms in total. The fraction of sp³-hybridized carbons (Fsp3) is 0.364. The molecule has 0 fully saturated rings. The molecule has 1 atom stereocenters. The van der Waals surface area contributed by atoms with Crippen LogP contribution in [-0.2, 0) is 19.6 Å². The minimum Gasteiger partial charge on any atom is -0.465 e. The van der Waals surface area contributed by atoms with Gasteiger partial charge in [-0.3, -0.25) is 9.10 Å². The Morgan fingerprint density at radius 2 is 1.67 bits per heavy atom. The molecule has 0 aliphatic rings. The fourth-order valence-corrected chi connectivity index (χ4v) is 4.34. The van der Waals surface area contributed by atoms with Crippen molar-refractivity contribution in [2.24, 2.45) is 0 Å². The Hall–Kier alpha value is -2.87. The summed E-state index contributed by atoms with van der Waals surface area (Å²) in [7, 11) is -2.45. The van der Waals surface area contributed by atoms with Gasteiger partial charge < -0.3 is 10.1 Å². The molecule has 0 aliphatic heterocycles. The van der Waals surface area contributed by atoms with E-state index in [-0.39, 0.29) is 6.42 Å². The largest absolute Gasteiger partial charge is 0.465 e. The van der Waals surface area contributed by atoms with Crippen LogP contribution >= 0.6 is 0 Å². The maximum atomic E-state index is 13.1. The molecule has 1 amide bonds. The number of aryl methyl sites for hydroxylation is 3. The Balaban J connectivity index is 2.44. The molecule has 0 bridgehead atoms. The van der Waals surface area contributed by atoms with Crippen molar-refractivity contribution < 1.29 is 22.7 Å². The van der Waals surface area contributed by atoms with Gasteiger partial charge in [-0.15, -0.1) is 0 Å². The number of carbonyl (C=O) groups is 2. The number of ether oxygens (including phenoxy) is 1. The number of hydrogen-bond donors (Lipinski definition) is 1. The van der Waals surface area contributed by atoms with Gasteiger partial charge in [-0.05, 0) is 68.1 Å². The number of anilines is 2. The Kier molecular flexibility index (Phi) is 7.25. The molecule has 2 aromatic rings. The lowest BCUT2D eigenvalue weighted by atomic mass is 10.1. The highest BCUT2D eigenvalue weighted by Gasteiger charge is 2.32. The van der Waals surface area contributed by atoms with Crippen LogP contribution in [0, 0.1) is 20.8 Å². The van der Waals surface area contributed by atoms with E-state index in [2.05, 4.69) is 5.32 Å². The van der Waals surface area contributed by atoms with Crippen LogP contribution in [0.3, 0.4) is 0 Å². The SMILES string of the molecule is CC[C@H](C(=O)Nc1cc(C(=O)OC)ccc1C)N(c1ccc(C)c(C)c1)S(C)(=O)=O. The number of hydrogen-bond acceptors (Lipinski definition) is 5. The summed E-state index contributed by atoms with van der Waals surface area (Å²) in [4.78, 5) is 24.9. The fourth-order valence-electron chi connectivity index (χ4n) is 3.14. The highest BCUT2D eigenvalue weighted by Crippen LogP contribution is 2.26. The van der Waals surface area contributed by atoms with Crippen molar-refractivity contribution in [2.45, 2.75) is 40.2 Å². The third-order valence-corrected chi connectivity index (χ3v) is 6.17. The standard InChI is InChI=1S/C22H28N2O5S/c1-7-20(24(30(6,27)28)18-11-9-14(2)16(4)12-18)21(25)23-19-13-17(22(26)29-5)10-8-15(19)3/h8-13,20H,7H2,1-6H3,(H,23,25)/t20-/m1/s1. The van der Waals surface area contributed by atoms with Gasteiger partial charge in [0.15, 0.2) is 0 Å². The molecule has 0 heterocycles. The van der Waals surface area contributed by atoms with E-state index in [1.165, 1.54) is 13.2 Å². The molecule has 0 saturated heterocycles. The van der Waals surface area contributed by atoms with Crippen molar-refractivity contribution >= 4 is 33.3 Å². The summed E-state index contributed by atoms with van der Waals surface area (Å²) in [5.74, 6) is -1.00. The second-order valence-electron chi connectivity index (χ2n) is 7.26. The summed E-state index contributed by atoms with van der Waals surface area (Å²) in [6, 6.07) is 9.15. The first-order valence-electron chi connectivity index (χ1n) is 9.56. The predicted octanol–water partition coefficient (Wildman–Crippen LogP) is 3.58. The van der Waals surface area contributed by atoms with E-state index in [0.29, 0.717) is 16.9 Å². The van der Waals surface area contributed by atoms with Gasteiger partial charge in [0.25, 0.3) is 0 Å². The van der Waals surface area contributed by atoms with Crippen molar-refractivity contribution in [3.63, 3.8) is 0 Å². The average molecular weight is 433 g/mol. The van der Waals surface area contributed by atoms with Gasteiger partial charge in [-0.25, -0.2) is 13.2 Å². The quantitative estimate of drug-likeness (QED) is 0.675. The van der Waals surface area contributed by atoms with Gasteiger partial charge >= 0.3 is 5.97 Å². The van der Waals surface area contributed by atoms with Crippen LogP contribution in [0.25, 0.3) is 0 Å². The average Bonchev–Trinajstić information content (AvgIpc) is 2.68. The number of amides is 1. The molecule has 0 spiro atoms. The van der Waals surface area contributed by atoms with Gasteiger partial charge in [-0.2, -0.15) is 0 Å². The zero-order valence-corrected chi connectivity index (χ0v) is 19.0. The van der Waals surface area contributed by atoms with Gasteiger partial charge in [0.05, 0.1) is 24.6 Å². The molecule has 0 unspecified atom stereocenters. The summed E-state index contributed by atoms with van der Waals surface area (Å²) in [6.07, 6.45) is 1.35. The van der Waals surface area contributed by atoms with Crippen molar-refractivity contribution in [3.8, 4) is 0 Å². The summed E-state index contributed by atoms with van der Waals surface area (Å²) < 4.78 is 31.1. The Morgan fingerprint density at radius 3 is 2.20 bits per heavy atom. The maximum Gasteiger partial charge on any atom is 0.337 e. The van der Waals surface area contributed by atoms with Crippen molar-refractivity contribution in [1.29, 1.82) is 0 Å². The molecule has 0 aliphatic carbocycles. The number of methoxy groups -OCH3 is 1. The molecular weight excluding hydrogens is 404 g/mol. The third-order valence-electron chi connectivity index (χ3n) is 4.99. The normalized spacial score (nSPS) is 12.2. The summed E-state index contributed by atoms with van der Waals surface area (Å²) in [6.45, 7) is 7.36. The lowest BCUT2D eigenvalue weighted by molar-refractivity contribution is -0.117. The van der Waals surface area contributed by atoms with Gasteiger partial charge in [0, 0.05) is 5.69 Å². The van der Waals surface area contributed by atoms with E-state index >= 15 is 0 Å². The minimum absolute atomic E-state index is 0.265. The molecule has 8 heteroatoms. The Bertz CT molecular complexity index is 1060. The number of nitrogens with one attached hydrogen (secondary N) is 1. The molecule has 0 saturated carbocycles. The summed E-state index contributed by atoms with van der Waals surface area (Å²) in [5.41, 5.74) is 3.85. The highest BCUT2D eigenvalue weighted by molar-refractivity contribution is 7.92. The smallest absolute Gasteiger partial charge is 0.337 e. The molecule has 2 rings (SSSR count). The monoisotopic (exact) mass is 432 g/mol. The van der Waals surface area contributed by atoms with E-state index in [1.54, 1.807) is 38.1 Å². The van der Waals surface area contributed by atoms with Crippen molar-refractivity contribution in [3.05, 3.63) is 58.7 Å². The van der Waals surface area contributed by atoms with Crippen molar-refractivity contribution in [1.82, 2.24) is 0 Å². The third kappa shape index (κ3) is 5.18. The minimum atomic E-state index is -3.73. The topological polar surface area (TPSA) is 92.8 Å². The van der Waals surface area contributed by atoms with Crippen LogP contribution in [-0.4, -0.2) is 39.7 Å². The molecule has 1 N–H and O–H groups in total. The second-order valence-corrected chi connectivity index (χ2v) is 9.12.